The number of carbonyl (C=O) groups is 1. The lowest BCUT2D eigenvalue weighted by atomic mass is 9.60. The van der Waals surface area contributed by atoms with Crippen LogP contribution in [0.2, 0.25) is 0 Å². The van der Waals surface area contributed by atoms with Gasteiger partial charge in [-0.15, -0.1) is 0 Å². The quantitative estimate of drug-likeness (QED) is 0.623. The Bertz CT molecular complexity index is 783. The van der Waals surface area contributed by atoms with Gasteiger partial charge in [-0.25, -0.2) is 0 Å². The van der Waals surface area contributed by atoms with Crippen LogP contribution in [0.3, 0.4) is 0 Å². The van der Waals surface area contributed by atoms with E-state index in [1.165, 1.54) is 44.2 Å². The molecule has 0 amide bonds. The molecule has 0 aromatic heterocycles. The predicted molar refractivity (Wildman–Crippen MR) is 115 cm³/mol. The summed E-state index contributed by atoms with van der Waals surface area (Å²) in [5, 5.41) is 0. The number of hydrogen-bond donors (Lipinski definition) is 0. The molecule has 1 saturated carbocycles. The van der Waals surface area contributed by atoms with Crippen LogP contribution in [-0.2, 0) is 5.41 Å². The number of carbonyl (C=O) groups excluding carboxylic acids is 1. The molecule has 1 spiro atoms. The van der Waals surface area contributed by atoms with Gasteiger partial charge in [0.05, 0.1) is 0 Å². The molecule has 28 heavy (non-hydrogen) atoms. The zero-order chi connectivity index (χ0) is 19.4. The zero-order valence-corrected chi connectivity index (χ0v) is 17.6. The summed E-state index contributed by atoms with van der Waals surface area (Å²) in [5.74, 6) is 3.00. The molecular weight excluding hydrogens is 342 g/mol. The van der Waals surface area contributed by atoms with Crippen LogP contribution in [0.4, 0.5) is 0 Å². The van der Waals surface area contributed by atoms with Crippen LogP contribution in [0.1, 0.15) is 74.7 Å². The Labute approximate surface area is 170 Å². The fourth-order valence-electron chi connectivity index (χ4n) is 7.03. The van der Waals surface area contributed by atoms with E-state index in [0.29, 0.717) is 5.78 Å². The first kappa shape index (κ1) is 18.6. The van der Waals surface area contributed by atoms with Crippen LogP contribution in [0.25, 0.3) is 0 Å². The molecule has 2 fully saturated rings. The lowest BCUT2D eigenvalue weighted by Gasteiger charge is -2.47. The van der Waals surface area contributed by atoms with E-state index in [1.807, 2.05) is 6.07 Å². The minimum Gasteiger partial charge on any atom is -0.303 e. The van der Waals surface area contributed by atoms with Crippen LogP contribution in [0, 0.1) is 23.2 Å². The molecule has 1 aromatic carbocycles. The Hall–Kier alpha value is -1.41. The van der Waals surface area contributed by atoms with Crippen molar-refractivity contribution in [1.29, 1.82) is 0 Å². The fraction of sp³-hybridized carbons (Fsp3) is 0.654. The van der Waals surface area contributed by atoms with Gasteiger partial charge in [0.25, 0.3) is 0 Å². The average Bonchev–Trinajstić information content (AvgIpc) is 2.79. The van der Waals surface area contributed by atoms with Gasteiger partial charge in [-0.3, -0.25) is 4.79 Å². The van der Waals surface area contributed by atoms with Crippen LogP contribution in [0.5, 0.6) is 0 Å². The number of likely N-dealkylation sites (tertiary alicyclic amines) is 1. The van der Waals surface area contributed by atoms with Crippen LogP contribution in [0.15, 0.2) is 36.4 Å². The molecule has 1 aromatic rings. The molecule has 0 unspecified atom stereocenters. The molecule has 0 radical (unpaired) electrons. The molecule has 3 atom stereocenters. The van der Waals surface area contributed by atoms with Crippen LogP contribution < -0.4 is 0 Å². The molecule has 2 nitrogen and oxygen atoms in total. The Morgan fingerprint density at radius 3 is 2.68 bits per heavy atom. The van der Waals surface area contributed by atoms with E-state index < -0.39 is 0 Å². The van der Waals surface area contributed by atoms with Gasteiger partial charge in [-0.05, 0) is 81.4 Å². The summed E-state index contributed by atoms with van der Waals surface area (Å²) in [6, 6.07) is 8.43. The normalized spacial score (nSPS) is 33.6. The lowest BCUT2D eigenvalue weighted by Crippen LogP contribution is -2.50. The number of allylic oxidation sites excluding steroid dienone is 2. The number of hydrogen-bond acceptors (Lipinski definition) is 2. The summed E-state index contributed by atoms with van der Waals surface area (Å²) in [4.78, 5) is 15.8. The van der Waals surface area contributed by atoms with E-state index in [4.69, 9.17) is 0 Å². The third-order valence-electron chi connectivity index (χ3n) is 8.81. The van der Waals surface area contributed by atoms with E-state index in [-0.39, 0.29) is 10.8 Å². The summed E-state index contributed by atoms with van der Waals surface area (Å²) < 4.78 is 0. The Kier molecular flexibility index (Phi) is 4.54. The van der Waals surface area contributed by atoms with E-state index in [2.05, 4.69) is 49.1 Å². The highest BCUT2D eigenvalue weighted by Crippen LogP contribution is 2.56. The highest BCUT2D eigenvalue weighted by molar-refractivity contribution is 6.06. The van der Waals surface area contributed by atoms with E-state index >= 15 is 0 Å². The third kappa shape index (κ3) is 2.83. The number of nitrogens with zero attached hydrogens (tertiary/aromatic N) is 1. The van der Waals surface area contributed by atoms with E-state index in [0.717, 1.165) is 49.2 Å². The smallest absolute Gasteiger partial charge is 0.169 e. The molecule has 3 aliphatic carbocycles. The number of Topliss-reactive ketones (excluding diaryl/α,β-unsaturated/α-hetero) is 1. The SMILES string of the molecule is CC1(C)C(=O)c2ccccc2C12CCN(C[C@H]1CC[C@@H]3CC=C[C@H](C3)C1)CC2. The second kappa shape index (κ2) is 6.83. The monoisotopic (exact) mass is 377 g/mol. The second-order valence-corrected chi connectivity index (χ2v) is 10.6. The molecular formula is C26H35NO. The highest BCUT2D eigenvalue weighted by Gasteiger charge is 2.57. The summed E-state index contributed by atoms with van der Waals surface area (Å²) >= 11 is 0. The van der Waals surface area contributed by atoms with Gasteiger partial charge in [0.2, 0.25) is 0 Å². The number of ketones is 1. The molecule has 2 heteroatoms. The molecule has 2 bridgehead atoms. The zero-order valence-electron chi connectivity index (χ0n) is 17.6. The standard InChI is InChI=1S/C26H35NO/c1-25(2)24(28)22-8-3-4-9-23(22)26(25)12-14-27(15-13-26)18-21-11-10-19-6-5-7-20(16-19)17-21/h3-5,7-9,19-21H,6,10-18H2,1-2H3/t19-,20+,21-/m0/s1. The second-order valence-electron chi connectivity index (χ2n) is 10.6. The third-order valence-corrected chi connectivity index (χ3v) is 8.81. The van der Waals surface area contributed by atoms with Crippen molar-refractivity contribution >= 4 is 5.78 Å². The maximum absolute atomic E-state index is 13.1. The van der Waals surface area contributed by atoms with Crippen molar-refractivity contribution in [2.24, 2.45) is 23.2 Å². The maximum Gasteiger partial charge on any atom is 0.169 e. The molecule has 4 aliphatic rings. The molecule has 1 saturated heterocycles. The van der Waals surface area contributed by atoms with Crippen molar-refractivity contribution in [2.45, 2.75) is 64.2 Å². The van der Waals surface area contributed by atoms with E-state index in [9.17, 15) is 4.79 Å². The largest absolute Gasteiger partial charge is 0.303 e. The van der Waals surface area contributed by atoms with Gasteiger partial charge in [0, 0.05) is 22.9 Å². The number of fused-ring (bicyclic) bond motifs is 4. The average molecular weight is 378 g/mol. The molecule has 0 N–H and O–H groups in total. The predicted octanol–water partition coefficient (Wildman–Crippen LogP) is 5.63. The summed E-state index contributed by atoms with van der Waals surface area (Å²) in [6.45, 7) is 7.95. The van der Waals surface area contributed by atoms with Gasteiger partial charge in [-0.1, -0.05) is 50.3 Å². The summed E-state index contributed by atoms with van der Waals surface area (Å²) in [6.07, 6.45) is 14.2. The first-order valence-electron chi connectivity index (χ1n) is 11.5. The number of rotatable bonds is 2. The Balaban J connectivity index is 1.29. The minimum atomic E-state index is -0.271. The van der Waals surface area contributed by atoms with Crippen molar-refractivity contribution in [1.82, 2.24) is 4.90 Å². The van der Waals surface area contributed by atoms with Gasteiger partial charge >= 0.3 is 0 Å². The van der Waals surface area contributed by atoms with Crippen molar-refractivity contribution in [2.75, 3.05) is 19.6 Å². The molecule has 150 valence electrons. The minimum absolute atomic E-state index is 0.0416. The van der Waals surface area contributed by atoms with Crippen LogP contribution in [-0.4, -0.2) is 30.3 Å². The first-order valence-corrected chi connectivity index (χ1v) is 11.5. The maximum atomic E-state index is 13.1. The molecule has 1 aliphatic heterocycles. The Morgan fingerprint density at radius 1 is 1.07 bits per heavy atom. The van der Waals surface area contributed by atoms with Crippen molar-refractivity contribution in [3.8, 4) is 0 Å². The van der Waals surface area contributed by atoms with Crippen LogP contribution >= 0.6 is 0 Å². The number of piperidine rings is 1. The number of benzene rings is 1. The lowest BCUT2D eigenvalue weighted by molar-refractivity contribution is 0.0511. The van der Waals surface area contributed by atoms with Gasteiger partial charge < -0.3 is 4.90 Å². The summed E-state index contributed by atoms with van der Waals surface area (Å²) in [7, 11) is 0. The Morgan fingerprint density at radius 2 is 1.86 bits per heavy atom. The molecule has 1 heterocycles. The molecule has 5 rings (SSSR count). The van der Waals surface area contributed by atoms with Gasteiger partial charge in [0.15, 0.2) is 5.78 Å². The first-order chi connectivity index (χ1) is 13.5. The van der Waals surface area contributed by atoms with Gasteiger partial charge in [-0.2, -0.15) is 0 Å². The topological polar surface area (TPSA) is 20.3 Å². The summed E-state index contributed by atoms with van der Waals surface area (Å²) in [5.41, 5.74) is 2.09. The van der Waals surface area contributed by atoms with Crippen molar-refractivity contribution in [3.05, 3.63) is 47.5 Å². The fourth-order valence-corrected chi connectivity index (χ4v) is 7.03. The van der Waals surface area contributed by atoms with Crippen molar-refractivity contribution in [3.63, 3.8) is 0 Å². The van der Waals surface area contributed by atoms with Crippen molar-refractivity contribution < 1.29 is 4.79 Å². The highest BCUT2D eigenvalue weighted by atomic mass is 16.1. The van der Waals surface area contributed by atoms with E-state index in [1.54, 1.807) is 0 Å². The van der Waals surface area contributed by atoms with Gasteiger partial charge in [0.1, 0.15) is 0 Å².